The largest absolute Gasteiger partial charge is 0.305 e. The molecule has 17 heavy (non-hydrogen) atoms. The zero-order valence-electron chi connectivity index (χ0n) is 9.94. The van der Waals surface area contributed by atoms with Gasteiger partial charge in [-0.05, 0) is 30.9 Å². The van der Waals surface area contributed by atoms with Gasteiger partial charge in [0.15, 0.2) is 0 Å². The Bertz CT molecular complexity index is 493. The van der Waals surface area contributed by atoms with Crippen LogP contribution in [0, 0.1) is 0 Å². The number of aryl methyl sites for hydroxylation is 3. The molecule has 0 saturated heterocycles. The summed E-state index contributed by atoms with van der Waals surface area (Å²) in [6.07, 6.45) is 5.49. The summed E-state index contributed by atoms with van der Waals surface area (Å²) in [5.74, 6) is 0.981. The van der Waals surface area contributed by atoms with Crippen LogP contribution in [0.15, 0.2) is 12.4 Å². The van der Waals surface area contributed by atoms with Gasteiger partial charge in [0.25, 0.3) is 0 Å². The molecule has 0 spiro atoms. The van der Waals surface area contributed by atoms with Gasteiger partial charge < -0.3 is 5.32 Å². The Morgan fingerprint density at radius 3 is 3.12 bits per heavy atom. The number of hydrogen-bond acceptors (Lipinski definition) is 4. The molecule has 0 fully saturated rings. The minimum Gasteiger partial charge on any atom is -0.305 e. The number of aromatic nitrogens is 3. The summed E-state index contributed by atoms with van der Waals surface area (Å²) < 4.78 is 1.81. The predicted octanol–water partition coefficient (Wildman–Crippen LogP) is 1.66. The molecule has 0 aromatic carbocycles. The Morgan fingerprint density at radius 1 is 1.41 bits per heavy atom. The van der Waals surface area contributed by atoms with E-state index in [0.717, 1.165) is 18.9 Å². The van der Waals surface area contributed by atoms with E-state index in [0.29, 0.717) is 0 Å². The number of fused-ring (bicyclic) bond motifs is 1. The second kappa shape index (κ2) is 4.58. The van der Waals surface area contributed by atoms with Crippen molar-refractivity contribution < 1.29 is 0 Å². The molecule has 0 radical (unpaired) electrons. The zero-order valence-corrected chi connectivity index (χ0v) is 10.8. The molecule has 1 aliphatic rings. The summed E-state index contributed by atoms with van der Waals surface area (Å²) in [5, 5.41) is 7.47. The maximum Gasteiger partial charge on any atom is 0.140 e. The number of hydrogen-bond donors (Lipinski definition) is 1. The second-order valence-corrected chi connectivity index (χ2v) is 5.64. The highest BCUT2D eigenvalue weighted by Gasteiger charge is 2.14. The van der Waals surface area contributed by atoms with Crippen LogP contribution >= 0.6 is 11.3 Å². The van der Waals surface area contributed by atoms with Crippen molar-refractivity contribution in [1.29, 1.82) is 0 Å². The lowest BCUT2D eigenvalue weighted by Crippen LogP contribution is -2.15. The van der Waals surface area contributed by atoms with Gasteiger partial charge in [0, 0.05) is 23.3 Å². The van der Waals surface area contributed by atoms with Crippen LogP contribution in [-0.4, -0.2) is 14.8 Å². The first kappa shape index (κ1) is 10.9. The quantitative estimate of drug-likeness (QED) is 0.894. The Morgan fingerprint density at radius 2 is 2.35 bits per heavy atom. The van der Waals surface area contributed by atoms with Crippen LogP contribution < -0.4 is 5.32 Å². The molecule has 3 rings (SSSR count). The third kappa shape index (κ3) is 2.25. The first-order chi connectivity index (χ1) is 8.33. The molecule has 0 atom stereocenters. The zero-order chi connectivity index (χ0) is 11.7. The standard InChI is InChI=1S/C12H16N4S/c1-16-12(14-8-15-16)7-13-6-10-5-9-3-2-4-11(9)17-10/h5,8,13H,2-4,6-7H2,1H3. The van der Waals surface area contributed by atoms with Gasteiger partial charge in [-0.1, -0.05) is 0 Å². The van der Waals surface area contributed by atoms with Crippen LogP contribution in [0.4, 0.5) is 0 Å². The normalized spacial score (nSPS) is 14.2. The average molecular weight is 248 g/mol. The summed E-state index contributed by atoms with van der Waals surface area (Å²) in [6.45, 7) is 1.71. The molecule has 0 bridgehead atoms. The molecule has 4 nitrogen and oxygen atoms in total. The summed E-state index contributed by atoms with van der Waals surface area (Å²) >= 11 is 1.96. The first-order valence-electron chi connectivity index (χ1n) is 5.97. The van der Waals surface area contributed by atoms with E-state index in [-0.39, 0.29) is 0 Å². The fourth-order valence-electron chi connectivity index (χ4n) is 2.26. The van der Waals surface area contributed by atoms with Crippen molar-refractivity contribution in [2.24, 2.45) is 7.05 Å². The van der Waals surface area contributed by atoms with Crippen LogP contribution in [0.5, 0.6) is 0 Å². The predicted molar refractivity (Wildman–Crippen MR) is 67.9 cm³/mol. The second-order valence-electron chi connectivity index (χ2n) is 4.42. The third-order valence-electron chi connectivity index (χ3n) is 3.19. The Balaban J connectivity index is 1.56. The number of nitrogens with one attached hydrogen (secondary N) is 1. The average Bonchev–Trinajstić information content (AvgIpc) is 2.95. The molecule has 0 amide bonds. The smallest absolute Gasteiger partial charge is 0.140 e. The lowest BCUT2D eigenvalue weighted by Gasteiger charge is -2.02. The maximum atomic E-state index is 4.19. The van der Waals surface area contributed by atoms with Crippen molar-refractivity contribution in [3.63, 3.8) is 0 Å². The Kier molecular flexibility index (Phi) is 2.94. The van der Waals surface area contributed by atoms with Crippen LogP contribution in [0.3, 0.4) is 0 Å². The van der Waals surface area contributed by atoms with Gasteiger partial charge in [0.1, 0.15) is 12.2 Å². The fourth-order valence-corrected chi connectivity index (χ4v) is 3.49. The molecule has 1 N–H and O–H groups in total. The van der Waals surface area contributed by atoms with E-state index >= 15 is 0 Å². The molecule has 0 aliphatic heterocycles. The van der Waals surface area contributed by atoms with Gasteiger partial charge >= 0.3 is 0 Å². The van der Waals surface area contributed by atoms with Crippen LogP contribution in [-0.2, 0) is 33.0 Å². The molecule has 2 heterocycles. The van der Waals surface area contributed by atoms with Crippen molar-refractivity contribution in [3.05, 3.63) is 33.5 Å². The molecular formula is C12H16N4S. The van der Waals surface area contributed by atoms with Gasteiger partial charge in [-0.3, -0.25) is 4.68 Å². The fraction of sp³-hybridized carbons (Fsp3) is 0.500. The highest BCUT2D eigenvalue weighted by atomic mass is 32.1. The number of nitrogens with zero attached hydrogens (tertiary/aromatic N) is 3. The van der Waals surface area contributed by atoms with Gasteiger partial charge in [0.2, 0.25) is 0 Å². The summed E-state index contributed by atoms with van der Waals surface area (Å²) in [5.41, 5.74) is 1.57. The first-order valence-corrected chi connectivity index (χ1v) is 6.78. The SMILES string of the molecule is Cn1ncnc1CNCc1cc2c(s1)CCC2. The Hall–Kier alpha value is -1.20. The summed E-state index contributed by atoms with van der Waals surface area (Å²) in [4.78, 5) is 7.23. The summed E-state index contributed by atoms with van der Waals surface area (Å²) in [6, 6.07) is 2.36. The van der Waals surface area contributed by atoms with E-state index in [1.165, 1.54) is 24.1 Å². The van der Waals surface area contributed by atoms with Crippen LogP contribution in [0.2, 0.25) is 0 Å². The van der Waals surface area contributed by atoms with E-state index in [9.17, 15) is 0 Å². The maximum absolute atomic E-state index is 4.19. The van der Waals surface area contributed by atoms with Gasteiger partial charge in [-0.2, -0.15) is 5.10 Å². The van der Waals surface area contributed by atoms with Gasteiger partial charge in [0.05, 0.1) is 6.54 Å². The molecule has 0 saturated carbocycles. The van der Waals surface area contributed by atoms with Gasteiger partial charge in [-0.15, -0.1) is 11.3 Å². The van der Waals surface area contributed by atoms with Crippen molar-refractivity contribution in [2.45, 2.75) is 32.4 Å². The van der Waals surface area contributed by atoms with Gasteiger partial charge in [-0.25, -0.2) is 4.98 Å². The molecule has 2 aromatic rings. The monoisotopic (exact) mass is 248 g/mol. The number of rotatable bonds is 4. The Labute approximate surface area is 105 Å². The van der Waals surface area contributed by atoms with Crippen LogP contribution in [0.25, 0.3) is 0 Å². The number of thiophene rings is 1. The van der Waals surface area contributed by atoms with E-state index in [1.807, 2.05) is 18.4 Å². The molecule has 0 unspecified atom stereocenters. The third-order valence-corrected chi connectivity index (χ3v) is 4.42. The van der Waals surface area contributed by atoms with Crippen molar-refractivity contribution in [3.8, 4) is 0 Å². The molecule has 1 aliphatic carbocycles. The van der Waals surface area contributed by atoms with Crippen molar-refractivity contribution in [1.82, 2.24) is 20.1 Å². The minimum atomic E-state index is 0.777. The van der Waals surface area contributed by atoms with E-state index in [2.05, 4.69) is 21.5 Å². The molecule has 2 aromatic heterocycles. The van der Waals surface area contributed by atoms with E-state index in [1.54, 1.807) is 21.4 Å². The van der Waals surface area contributed by atoms with Crippen molar-refractivity contribution >= 4 is 11.3 Å². The highest BCUT2D eigenvalue weighted by molar-refractivity contribution is 7.12. The van der Waals surface area contributed by atoms with E-state index in [4.69, 9.17) is 0 Å². The highest BCUT2D eigenvalue weighted by Crippen LogP contribution is 2.30. The minimum absolute atomic E-state index is 0.777. The molecule has 90 valence electrons. The van der Waals surface area contributed by atoms with Crippen LogP contribution in [0.1, 0.15) is 27.6 Å². The molecular weight excluding hydrogens is 232 g/mol. The molecule has 5 heteroatoms. The summed E-state index contributed by atoms with van der Waals surface area (Å²) in [7, 11) is 1.92. The topological polar surface area (TPSA) is 42.7 Å². The lowest BCUT2D eigenvalue weighted by molar-refractivity contribution is 0.617. The lowest BCUT2D eigenvalue weighted by atomic mass is 10.2. The van der Waals surface area contributed by atoms with E-state index < -0.39 is 0 Å². The van der Waals surface area contributed by atoms with Crippen molar-refractivity contribution in [2.75, 3.05) is 0 Å².